The van der Waals surface area contributed by atoms with Crippen molar-refractivity contribution in [2.24, 2.45) is 0 Å². The summed E-state index contributed by atoms with van der Waals surface area (Å²) >= 11 is 6.23. The lowest BCUT2D eigenvalue weighted by atomic mass is 10.2. The molecule has 0 radical (unpaired) electrons. The van der Waals surface area contributed by atoms with Crippen LogP contribution in [0.1, 0.15) is 21.6 Å². The van der Waals surface area contributed by atoms with E-state index < -0.39 is 5.91 Å². The number of rotatable bonds is 5. The molecule has 0 saturated carbocycles. The largest absolute Gasteiger partial charge is 0.319 e. The van der Waals surface area contributed by atoms with Crippen molar-refractivity contribution in [2.75, 3.05) is 5.32 Å². The number of aromatic nitrogens is 4. The van der Waals surface area contributed by atoms with Crippen molar-refractivity contribution in [1.29, 1.82) is 0 Å². The molecule has 0 unspecified atom stereocenters. The quantitative estimate of drug-likeness (QED) is 0.529. The second kappa shape index (κ2) is 7.89. The van der Waals surface area contributed by atoms with E-state index in [-0.39, 0.29) is 18.1 Å². The lowest BCUT2D eigenvalue weighted by molar-refractivity contribution is 0.102. The highest BCUT2D eigenvalue weighted by molar-refractivity contribution is 6.34. The molecule has 0 aliphatic rings. The highest BCUT2D eigenvalue weighted by Gasteiger charge is 2.22. The van der Waals surface area contributed by atoms with Crippen molar-refractivity contribution >= 4 is 23.2 Å². The summed E-state index contributed by atoms with van der Waals surface area (Å²) in [4.78, 5) is 12.9. The van der Waals surface area contributed by atoms with Crippen LogP contribution in [-0.2, 0) is 6.54 Å². The van der Waals surface area contributed by atoms with Crippen LogP contribution in [0.5, 0.6) is 0 Å². The maximum Gasteiger partial charge on any atom is 0.280 e. The molecular formula is C21H17ClFN5O. The maximum atomic E-state index is 13.6. The molecule has 4 rings (SSSR count). The minimum absolute atomic E-state index is 0.134. The van der Waals surface area contributed by atoms with Crippen LogP contribution in [0.4, 0.5) is 10.1 Å². The fourth-order valence-corrected chi connectivity index (χ4v) is 3.29. The third-order valence-corrected chi connectivity index (χ3v) is 4.68. The SMILES string of the molecule is Cc1ccc(NC(=O)c2nnn(Cc3cccc(F)c3)c2-n2cccc2)c(Cl)c1. The van der Waals surface area contributed by atoms with Gasteiger partial charge in [0, 0.05) is 12.4 Å². The normalized spacial score (nSPS) is 10.9. The average Bonchev–Trinajstić information content (AvgIpc) is 3.33. The zero-order chi connectivity index (χ0) is 20.4. The topological polar surface area (TPSA) is 64.7 Å². The summed E-state index contributed by atoms with van der Waals surface area (Å²) in [7, 11) is 0. The second-order valence-electron chi connectivity index (χ2n) is 6.58. The van der Waals surface area contributed by atoms with Gasteiger partial charge in [0.2, 0.25) is 0 Å². The Labute approximate surface area is 171 Å². The highest BCUT2D eigenvalue weighted by Crippen LogP contribution is 2.24. The number of carbonyl (C=O) groups excluding carboxylic acids is 1. The lowest BCUT2D eigenvalue weighted by Crippen LogP contribution is -2.17. The minimum atomic E-state index is -0.440. The summed E-state index contributed by atoms with van der Waals surface area (Å²) in [5, 5.41) is 11.4. The summed E-state index contributed by atoms with van der Waals surface area (Å²) < 4.78 is 16.9. The molecule has 8 heteroatoms. The predicted octanol–water partition coefficient (Wildman–Crippen LogP) is 4.47. The Bertz CT molecular complexity index is 1170. The molecule has 6 nitrogen and oxygen atoms in total. The molecule has 1 N–H and O–H groups in total. The molecule has 0 aliphatic carbocycles. The van der Waals surface area contributed by atoms with Gasteiger partial charge in [-0.3, -0.25) is 4.79 Å². The first-order valence-corrected chi connectivity index (χ1v) is 9.28. The van der Waals surface area contributed by atoms with Crippen LogP contribution in [0.15, 0.2) is 67.0 Å². The number of hydrogen-bond acceptors (Lipinski definition) is 3. The van der Waals surface area contributed by atoms with E-state index in [1.54, 1.807) is 45.9 Å². The van der Waals surface area contributed by atoms with Crippen molar-refractivity contribution in [3.8, 4) is 5.82 Å². The van der Waals surface area contributed by atoms with Crippen LogP contribution in [0.2, 0.25) is 5.02 Å². The summed E-state index contributed by atoms with van der Waals surface area (Å²) in [5.41, 5.74) is 2.31. The molecule has 2 aromatic carbocycles. The Kier molecular flexibility index (Phi) is 5.14. The molecular weight excluding hydrogens is 393 g/mol. The van der Waals surface area contributed by atoms with Gasteiger partial charge in [0.05, 0.1) is 17.3 Å². The molecule has 2 heterocycles. The Hall–Kier alpha value is -3.45. The first-order valence-electron chi connectivity index (χ1n) is 8.90. The van der Waals surface area contributed by atoms with Gasteiger partial charge in [-0.05, 0) is 54.4 Å². The van der Waals surface area contributed by atoms with Gasteiger partial charge in [0.15, 0.2) is 11.5 Å². The van der Waals surface area contributed by atoms with Crippen molar-refractivity contribution in [2.45, 2.75) is 13.5 Å². The molecule has 1 amide bonds. The molecule has 0 spiro atoms. The van der Waals surface area contributed by atoms with Crippen LogP contribution in [0.3, 0.4) is 0 Å². The number of halogens is 2. The summed E-state index contributed by atoms with van der Waals surface area (Å²) in [6.45, 7) is 2.18. The number of benzene rings is 2. The number of aryl methyl sites for hydroxylation is 1. The number of nitrogens with zero attached hydrogens (tertiary/aromatic N) is 4. The standard InChI is InChI=1S/C21H17ClFN5O/c1-14-7-8-18(17(22)11-14)24-20(29)19-21(27-9-2-3-10-27)28(26-25-19)13-15-5-4-6-16(23)12-15/h2-12H,13H2,1H3,(H,24,29). The van der Waals surface area contributed by atoms with Gasteiger partial charge in [-0.15, -0.1) is 5.10 Å². The zero-order valence-corrected chi connectivity index (χ0v) is 16.3. The summed E-state index contributed by atoms with van der Waals surface area (Å²) in [6.07, 6.45) is 3.58. The summed E-state index contributed by atoms with van der Waals surface area (Å²) in [6, 6.07) is 15.2. The van der Waals surface area contributed by atoms with Gasteiger partial charge < -0.3 is 9.88 Å². The number of carbonyl (C=O) groups is 1. The van der Waals surface area contributed by atoms with Crippen LogP contribution in [0.25, 0.3) is 5.82 Å². The van der Waals surface area contributed by atoms with E-state index in [0.717, 1.165) is 5.56 Å². The molecule has 0 fully saturated rings. The first-order chi connectivity index (χ1) is 14.0. The Morgan fingerprint density at radius 2 is 1.93 bits per heavy atom. The maximum absolute atomic E-state index is 13.6. The van der Waals surface area contributed by atoms with Crippen molar-refractivity contribution in [3.05, 3.63) is 94.7 Å². The van der Waals surface area contributed by atoms with Crippen molar-refractivity contribution < 1.29 is 9.18 Å². The Morgan fingerprint density at radius 3 is 2.66 bits per heavy atom. The fourth-order valence-electron chi connectivity index (χ4n) is 3.00. The van der Waals surface area contributed by atoms with E-state index in [1.165, 1.54) is 12.1 Å². The van der Waals surface area contributed by atoms with Crippen molar-refractivity contribution in [1.82, 2.24) is 19.6 Å². The number of nitrogens with one attached hydrogen (secondary N) is 1. The summed E-state index contributed by atoms with van der Waals surface area (Å²) in [5.74, 6) is -0.304. The second-order valence-corrected chi connectivity index (χ2v) is 6.98. The highest BCUT2D eigenvalue weighted by atomic mass is 35.5. The van der Waals surface area contributed by atoms with Gasteiger partial charge in [-0.2, -0.15) is 0 Å². The Balaban J connectivity index is 1.70. The van der Waals surface area contributed by atoms with Crippen LogP contribution in [-0.4, -0.2) is 25.5 Å². The van der Waals surface area contributed by atoms with Gasteiger partial charge in [0.1, 0.15) is 5.82 Å². The molecule has 2 aromatic heterocycles. The fraction of sp³-hybridized carbons (Fsp3) is 0.0952. The number of amides is 1. The molecule has 0 bridgehead atoms. The van der Waals surface area contributed by atoms with Crippen LogP contribution >= 0.6 is 11.6 Å². The monoisotopic (exact) mass is 409 g/mol. The third-order valence-electron chi connectivity index (χ3n) is 4.37. The molecule has 4 aromatic rings. The van der Waals surface area contributed by atoms with Crippen molar-refractivity contribution in [3.63, 3.8) is 0 Å². The number of anilines is 1. The predicted molar refractivity (Wildman–Crippen MR) is 109 cm³/mol. The van der Waals surface area contributed by atoms with Gasteiger partial charge in [-0.25, -0.2) is 9.07 Å². The van der Waals surface area contributed by atoms with Crippen LogP contribution in [0, 0.1) is 12.7 Å². The lowest BCUT2D eigenvalue weighted by Gasteiger charge is -2.10. The Morgan fingerprint density at radius 1 is 1.14 bits per heavy atom. The van der Waals surface area contributed by atoms with E-state index >= 15 is 0 Å². The van der Waals surface area contributed by atoms with E-state index in [0.29, 0.717) is 22.1 Å². The van der Waals surface area contributed by atoms with Gasteiger partial charge in [0.25, 0.3) is 5.91 Å². The van der Waals surface area contributed by atoms with E-state index in [9.17, 15) is 9.18 Å². The van der Waals surface area contributed by atoms with E-state index in [2.05, 4.69) is 15.6 Å². The third kappa shape index (κ3) is 4.05. The minimum Gasteiger partial charge on any atom is -0.319 e. The molecule has 0 atom stereocenters. The average molecular weight is 410 g/mol. The first kappa shape index (κ1) is 18.9. The van der Waals surface area contributed by atoms with E-state index in [1.807, 2.05) is 25.1 Å². The van der Waals surface area contributed by atoms with Gasteiger partial charge >= 0.3 is 0 Å². The number of hydrogen-bond donors (Lipinski definition) is 1. The van der Waals surface area contributed by atoms with Gasteiger partial charge in [-0.1, -0.05) is 35.0 Å². The van der Waals surface area contributed by atoms with E-state index in [4.69, 9.17) is 11.6 Å². The van der Waals surface area contributed by atoms with Crippen LogP contribution < -0.4 is 5.32 Å². The molecule has 29 heavy (non-hydrogen) atoms. The molecule has 146 valence electrons. The molecule has 0 saturated heterocycles. The molecule has 0 aliphatic heterocycles. The smallest absolute Gasteiger partial charge is 0.280 e. The zero-order valence-electron chi connectivity index (χ0n) is 15.5.